The van der Waals surface area contributed by atoms with Crippen molar-refractivity contribution in [1.82, 2.24) is 14.9 Å². The molecule has 2 N–H and O–H groups in total. The number of aryl methyl sites for hydroxylation is 1. The van der Waals surface area contributed by atoms with Gasteiger partial charge in [0.25, 0.3) is 0 Å². The van der Waals surface area contributed by atoms with Crippen LogP contribution in [-0.4, -0.2) is 33.1 Å². The Kier molecular flexibility index (Phi) is 5.35. The first-order valence-electron chi connectivity index (χ1n) is 5.98. The van der Waals surface area contributed by atoms with E-state index in [9.17, 15) is 9.59 Å². The van der Waals surface area contributed by atoms with Crippen LogP contribution in [0.1, 0.15) is 20.3 Å². The molecule has 0 spiro atoms. The smallest absolute Gasteiger partial charge is 0.307 e. The third-order valence-electron chi connectivity index (χ3n) is 3.00. The third kappa shape index (κ3) is 4.20. The molecule has 0 aliphatic carbocycles. The minimum Gasteiger partial charge on any atom is -0.481 e. The molecule has 0 saturated carbocycles. The Morgan fingerprint density at radius 3 is 2.67 bits per heavy atom. The zero-order valence-electron chi connectivity index (χ0n) is 10.7. The summed E-state index contributed by atoms with van der Waals surface area (Å²) >= 11 is 0. The SMILES string of the molecule is CC(C(=O)O)C(C)C(=O)NCCCn1ccnc1. The van der Waals surface area contributed by atoms with Gasteiger partial charge in [-0.2, -0.15) is 0 Å². The Hall–Kier alpha value is -1.85. The summed E-state index contributed by atoms with van der Waals surface area (Å²) in [5, 5.41) is 11.6. The van der Waals surface area contributed by atoms with E-state index in [1.54, 1.807) is 19.4 Å². The highest BCUT2D eigenvalue weighted by Crippen LogP contribution is 2.10. The zero-order chi connectivity index (χ0) is 13.5. The lowest BCUT2D eigenvalue weighted by Crippen LogP contribution is -2.35. The molecule has 1 aromatic rings. The number of carboxylic acid groups (broad SMARTS) is 1. The molecule has 0 bridgehead atoms. The van der Waals surface area contributed by atoms with Crippen LogP contribution in [0, 0.1) is 11.8 Å². The highest BCUT2D eigenvalue weighted by Gasteiger charge is 2.25. The van der Waals surface area contributed by atoms with Crippen molar-refractivity contribution >= 4 is 11.9 Å². The molecule has 0 saturated heterocycles. The molecule has 1 aromatic heterocycles. The fourth-order valence-corrected chi connectivity index (χ4v) is 1.49. The highest BCUT2D eigenvalue weighted by molar-refractivity contribution is 5.84. The van der Waals surface area contributed by atoms with Crippen LogP contribution in [-0.2, 0) is 16.1 Å². The summed E-state index contributed by atoms with van der Waals surface area (Å²) in [5.74, 6) is -2.35. The molecular weight excluding hydrogens is 234 g/mol. The molecule has 6 nitrogen and oxygen atoms in total. The molecule has 2 atom stereocenters. The topological polar surface area (TPSA) is 84.2 Å². The maximum absolute atomic E-state index is 11.7. The van der Waals surface area contributed by atoms with Gasteiger partial charge in [-0.05, 0) is 6.42 Å². The number of carbonyl (C=O) groups is 2. The number of aliphatic carboxylic acids is 1. The Morgan fingerprint density at radius 2 is 2.11 bits per heavy atom. The van der Waals surface area contributed by atoms with Crippen LogP contribution < -0.4 is 5.32 Å². The van der Waals surface area contributed by atoms with E-state index in [-0.39, 0.29) is 5.91 Å². The number of carboxylic acids is 1. The van der Waals surface area contributed by atoms with Crippen LogP contribution in [0.25, 0.3) is 0 Å². The largest absolute Gasteiger partial charge is 0.481 e. The normalized spacial score (nSPS) is 13.9. The Balaban J connectivity index is 2.22. The number of imidazole rings is 1. The van der Waals surface area contributed by atoms with E-state index in [1.165, 1.54) is 6.92 Å². The Bertz CT molecular complexity index is 389. The summed E-state index contributed by atoms with van der Waals surface area (Å²) in [6.07, 6.45) is 6.07. The molecule has 100 valence electrons. The lowest BCUT2D eigenvalue weighted by molar-refractivity contribution is -0.146. The molecule has 0 aliphatic heterocycles. The molecule has 0 fully saturated rings. The Labute approximate surface area is 106 Å². The third-order valence-corrected chi connectivity index (χ3v) is 3.00. The van der Waals surface area contributed by atoms with Crippen LogP contribution in [0.5, 0.6) is 0 Å². The lowest BCUT2D eigenvalue weighted by atomic mass is 9.95. The van der Waals surface area contributed by atoms with Crippen molar-refractivity contribution in [3.8, 4) is 0 Å². The van der Waals surface area contributed by atoms with Crippen molar-refractivity contribution in [2.45, 2.75) is 26.8 Å². The van der Waals surface area contributed by atoms with Gasteiger partial charge in [0.05, 0.1) is 12.2 Å². The number of nitrogens with zero attached hydrogens (tertiary/aromatic N) is 2. The lowest BCUT2D eigenvalue weighted by Gasteiger charge is -2.15. The van der Waals surface area contributed by atoms with E-state index < -0.39 is 17.8 Å². The standard InChI is InChI=1S/C12H19N3O3/c1-9(10(2)12(17)18)11(16)14-4-3-6-15-7-5-13-8-15/h5,7-10H,3-4,6H2,1-2H3,(H,14,16)(H,17,18). The quantitative estimate of drug-likeness (QED) is 0.702. The van der Waals surface area contributed by atoms with Gasteiger partial charge in [-0.1, -0.05) is 13.8 Å². The average molecular weight is 253 g/mol. The van der Waals surface area contributed by atoms with Crippen molar-refractivity contribution in [3.63, 3.8) is 0 Å². The molecule has 0 aliphatic rings. The van der Waals surface area contributed by atoms with E-state index in [4.69, 9.17) is 5.11 Å². The number of hydrogen-bond acceptors (Lipinski definition) is 3. The minimum absolute atomic E-state index is 0.212. The summed E-state index contributed by atoms with van der Waals surface area (Å²) < 4.78 is 1.93. The molecular formula is C12H19N3O3. The molecule has 2 unspecified atom stereocenters. The predicted octanol–water partition coefficient (Wildman–Crippen LogP) is 0.746. The van der Waals surface area contributed by atoms with E-state index in [0.717, 1.165) is 13.0 Å². The first-order chi connectivity index (χ1) is 8.52. The number of aromatic nitrogens is 2. The maximum atomic E-state index is 11.7. The molecule has 6 heteroatoms. The van der Waals surface area contributed by atoms with Crippen molar-refractivity contribution < 1.29 is 14.7 Å². The van der Waals surface area contributed by atoms with Gasteiger partial charge in [-0.3, -0.25) is 9.59 Å². The molecule has 1 amide bonds. The molecule has 0 radical (unpaired) electrons. The van der Waals surface area contributed by atoms with Gasteiger partial charge in [-0.15, -0.1) is 0 Å². The van der Waals surface area contributed by atoms with Crippen molar-refractivity contribution in [1.29, 1.82) is 0 Å². The fraction of sp³-hybridized carbons (Fsp3) is 0.583. The molecule has 1 rings (SSSR count). The predicted molar refractivity (Wildman–Crippen MR) is 65.8 cm³/mol. The van der Waals surface area contributed by atoms with Crippen molar-refractivity contribution in [3.05, 3.63) is 18.7 Å². The molecule has 0 aromatic carbocycles. The van der Waals surface area contributed by atoms with E-state index in [1.807, 2.05) is 10.8 Å². The highest BCUT2D eigenvalue weighted by atomic mass is 16.4. The number of hydrogen-bond donors (Lipinski definition) is 2. The van der Waals surface area contributed by atoms with Crippen molar-refractivity contribution in [2.24, 2.45) is 11.8 Å². The number of nitrogens with one attached hydrogen (secondary N) is 1. The van der Waals surface area contributed by atoms with Crippen LogP contribution in [0.4, 0.5) is 0 Å². The second-order valence-electron chi connectivity index (χ2n) is 4.36. The summed E-state index contributed by atoms with van der Waals surface area (Å²) in [6.45, 7) is 4.49. The number of carbonyl (C=O) groups excluding carboxylic acids is 1. The van der Waals surface area contributed by atoms with Crippen LogP contribution in [0.3, 0.4) is 0 Å². The van der Waals surface area contributed by atoms with Gasteiger partial charge in [0.1, 0.15) is 0 Å². The van der Waals surface area contributed by atoms with Crippen LogP contribution in [0.15, 0.2) is 18.7 Å². The number of amides is 1. The zero-order valence-corrected chi connectivity index (χ0v) is 10.7. The molecule has 1 heterocycles. The summed E-state index contributed by atoms with van der Waals surface area (Å²) in [5.41, 5.74) is 0. The van der Waals surface area contributed by atoms with Crippen LogP contribution in [0.2, 0.25) is 0 Å². The summed E-state index contributed by atoms with van der Waals surface area (Å²) in [4.78, 5) is 26.3. The summed E-state index contributed by atoms with van der Waals surface area (Å²) in [7, 11) is 0. The van der Waals surface area contributed by atoms with Gasteiger partial charge in [0, 0.05) is 31.4 Å². The van der Waals surface area contributed by atoms with Gasteiger partial charge >= 0.3 is 5.97 Å². The van der Waals surface area contributed by atoms with Gasteiger partial charge in [0.2, 0.25) is 5.91 Å². The van der Waals surface area contributed by atoms with E-state index >= 15 is 0 Å². The van der Waals surface area contributed by atoms with Crippen LogP contribution >= 0.6 is 0 Å². The van der Waals surface area contributed by atoms with E-state index in [0.29, 0.717) is 6.54 Å². The van der Waals surface area contributed by atoms with E-state index in [2.05, 4.69) is 10.3 Å². The maximum Gasteiger partial charge on any atom is 0.307 e. The first-order valence-corrected chi connectivity index (χ1v) is 5.98. The second kappa shape index (κ2) is 6.78. The van der Waals surface area contributed by atoms with Crippen molar-refractivity contribution in [2.75, 3.05) is 6.54 Å². The minimum atomic E-state index is -0.948. The average Bonchev–Trinajstić information content (AvgIpc) is 2.85. The Morgan fingerprint density at radius 1 is 1.39 bits per heavy atom. The van der Waals surface area contributed by atoms with Gasteiger partial charge < -0.3 is 15.0 Å². The summed E-state index contributed by atoms with van der Waals surface area (Å²) in [6, 6.07) is 0. The van der Waals surface area contributed by atoms with Gasteiger partial charge in [-0.25, -0.2) is 4.98 Å². The number of rotatable bonds is 7. The van der Waals surface area contributed by atoms with Gasteiger partial charge in [0.15, 0.2) is 0 Å². The fourth-order valence-electron chi connectivity index (χ4n) is 1.49. The second-order valence-corrected chi connectivity index (χ2v) is 4.36. The monoisotopic (exact) mass is 253 g/mol. The molecule has 18 heavy (non-hydrogen) atoms. The first kappa shape index (κ1) is 14.2.